The molecule has 0 saturated carbocycles. The molecule has 0 saturated heterocycles. The highest BCUT2D eigenvalue weighted by molar-refractivity contribution is 5.94. The lowest BCUT2D eigenvalue weighted by atomic mass is 9.99. The van der Waals surface area contributed by atoms with Crippen molar-refractivity contribution < 1.29 is 14.6 Å². The lowest BCUT2D eigenvalue weighted by Gasteiger charge is -2.15. The standard InChI is InChI=1S/C19H24N2O3/c1-12(2)14-10-16(13(3)9-17(14)22)21-19(23)11-20-15-7-5-6-8-18(15)24-4/h5-10,12,20,22H,11H2,1-4H3,(H,21,23). The summed E-state index contributed by atoms with van der Waals surface area (Å²) in [6, 6.07) is 10.9. The summed E-state index contributed by atoms with van der Waals surface area (Å²) in [5, 5.41) is 15.9. The van der Waals surface area contributed by atoms with Crippen LogP contribution in [0.15, 0.2) is 36.4 Å². The summed E-state index contributed by atoms with van der Waals surface area (Å²) in [7, 11) is 1.59. The molecule has 0 aliphatic heterocycles. The normalized spacial score (nSPS) is 10.5. The molecule has 0 atom stereocenters. The topological polar surface area (TPSA) is 70.6 Å². The van der Waals surface area contributed by atoms with Crippen molar-refractivity contribution in [3.63, 3.8) is 0 Å². The van der Waals surface area contributed by atoms with E-state index in [0.717, 1.165) is 16.8 Å². The summed E-state index contributed by atoms with van der Waals surface area (Å²) in [5.74, 6) is 0.957. The predicted molar refractivity (Wildman–Crippen MR) is 97.0 cm³/mol. The van der Waals surface area contributed by atoms with Crippen molar-refractivity contribution in [1.29, 1.82) is 0 Å². The van der Waals surface area contributed by atoms with Gasteiger partial charge in [0.1, 0.15) is 11.5 Å². The maximum Gasteiger partial charge on any atom is 0.243 e. The van der Waals surface area contributed by atoms with Crippen LogP contribution >= 0.6 is 0 Å². The minimum atomic E-state index is -0.163. The molecular weight excluding hydrogens is 304 g/mol. The van der Waals surface area contributed by atoms with Crippen molar-refractivity contribution in [2.24, 2.45) is 0 Å². The van der Waals surface area contributed by atoms with Gasteiger partial charge in [0.05, 0.1) is 19.3 Å². The van der Waals surface area contributed by atoms with Gasteiger partial charge in [0.25, 0.3) is 0 Å². The van der Waals surface area contributed by atoms with E-state index in [2.05, 4.69) is 10.6 Å². The summed E-state index contributed by atoms with van der Waals surface area (Å²) in [6.45, 7) is 5.98. The van der Waals surface area contributed by atoms with Crippen LogP contribution in [-0.4, -0.2) is 24.7 Å². The smallest absolute Gasteiger partial charge is 0.243 e. The van der Waals surface area contributed by atoms with Crippen molar-refractivity contribution in [2.45, 2.75) is 26.7 Å². The molecule has 0 heterocycles. The van der Waals surface area contributed by atoms with Crippen molar-refractivity contribution >= 4 is 17.3 Å². The Bertz CT molecular complexity index is 727. The fourth-order valence-electron chi connectivity index (χ4n) is 2.47. The Morgan fingerprint density at radius 3 is 2.58 bits per heavy atom. The fraction of sp³-hybridized carbons (Fsp3) is 0.316. The number of para-hydroxylation sites is 2. The Morgan fingerprint density at radius 1 is 1.21 bits per heavy atom. The van der Waals surface area contributed by atoms with E-state index in [0.29, 0.717) is 11.4 Å². The first-order valence-electron chi connectivity index (χ1n) is 7.92. The molecule has 2 rings (SSSR count). The predicted octanol–water partition coefficient (Wildman–Crippen LogP) is 3.88. The number of amides is 1. The summed E-state index contributed by atoms with van der Waals surface area (Å²) in [4.78, 5) is 12.2. The Morgan fingerprint density at radius 2 is 1.92 bits per heavy atom. The molecule has 0 spiro atoms. The van der Waals surface area contributed by atoms with E-state index < -0.39 is 0 Å². The van der Waals surface area contributed by atoms with Crippen LogP contribution in [0.1, 0.15) is 30.9 Å². The zero-order valence-corrected chi connectivity index (χ0v) is 14.5. The molecule has 0 fully saturated rings. The third kappa shape index (κ3) is 4.19. The molecule has 0 unspecified atom stereocenters. The molecule has 2 aromatic carbocycles. The second-order valence-electron chi connectivity index (χ2n) is 5.98. The molecule has 0 bridgehead atoms. The van der Waals surface area contributed by atoms with E-state index in [9.17, 15) is 9.90 Å². The second kappa shape index (κ2) is 7.73. The fourth-order valence-corrected chi connectivity index (χ4v) is 2.47. The van der Waals surface area contributed by atoms with Crippen LogP contribution in [0.25, 0.3) is 0 Å². The number of carbonyl (C=O) groups excluding carboxylic acids is 1. The maximum absolute atomic E-state index is 12.2. The first-order valence-corrected chi connectivity index (χ1v) is 7.92. The van der Waals surface area contributed by atoms with Crippen LogP contribution in [0.2, 0.25) is 0 Å². The van der Waals surface area contributed by atoms with E-state index in [-0.39, 0.29) is 24.1 Å². The van der Waals surface area contributed by atoms with Crippen LogP contribution in [0.4, 0.5) is 11.4 Å². The molecule has 0 aliphatic carbocycles. The number of anilines is 2. The third-order valence-electron chi connectivity index (χ3n) is 3.82. The highest BCUT2D eigenvalue weighted by Gasteiger charge is 2.12. The number of aryl methyl sites for hydroxylation is 1. The van der Waals surface area contributed by atoms with E-state index in [1.54, 1.807) is 13.2 Å². The number of hydrogen-bond donors (Lipinski definition) is 3. The van der Waals surface area contributed by atoms with Gasteiger partial charge in [-0.05, 0) is 48.2 Å². The number of rotatable bonds is 6. The monoisotopic (exact) mass is 328 g/mol. The first kappa shape index (κ1) is 17.7. The van der Waals surface area contributed by atoms with Crippen molar-refractivity contribution in [3.8, 4) is 11.5 Å². The van der Waals surface area contributed by atoms with Gasteiger partial charge < -0.3 is 20.5 Å². The maximum atomic E-state index is 12.2. The number of benzene rings is 2. The number of methoxy groups -OCH3 is 1. The molecule has 0 aliphatic rings. The molecule has 0 radical (unpaired) electrons. The second-order valence-corrected chi connectivity index (χ2v) is 5.98. The molecule has 5 nitrogen and oxygen atoms in total. The van der Waals surface area contributed by atoms with Gasteiger partial charge in [0.2, 0.25) is 5.91 Å². The van der Waals surface area contributed by atoms with Crippen LogP contribution < -0.4 is 15.4 Å². The molecule has 24 heavy (non-hydrogen) atoms. The Labute approximate surface area is 142 Å². The van der Waals surface area contributed by atoms with Gasteiger partial charge in [-0.25, -0.2) is 0 Å². The molecule has 0 aromatic heterocycles. The molecular formula is C19H24N2O3. The average Bonchev–Trinajstić information content (AvgIpc) is 2.55. The number of nitrogens with one attached hydrogen (secondary N) is 2. The molecule has 1 amide bonds. The zero-order valence-electron chi connectivity index (χ0n) is 14.5. The van der Waals surface area contributed by atoms with Gasteiger partial charge in [0, 0.05) is 5.69 Å². The van der Waals surface area contributed by atoms with Crippen LogP contribution in [-0.2, 0) is 4.79 Å². The molecule has 5 heteroatoms. The van der Waals surface area contributed by atoms with Crippen molar-refractivity contribution in [2.75, 3.05) is 24.3 Å². The Kier molecular flexibility index (Phi) is 5.68. The average molecular weight is 328 g/mol. The minimum Gasteiger partial charge on any atom is -0.508 e. The van der Waals surface area contributed by atoms with Crippen molar-refractivity contribution in [3.05, 3.63) is 47.5 Å². The minimum absolute atomic E-state index is 0.123. The molecule has 2 aromatic rings. The SMILES string of the molecule is COc1ccccc1NCC(=O)Nc1cc(C(C)C)c(O)cc1C. The van der Waals surface area contributed by atoms with Crippen LogP contribution in [0.3, 0.4) is 0 Å². The zero-order chi connectivity index (χ0) is 17.7. The first-order chi connectivity index (χ1) is 11.4. The van der Waals surface area contributed by atoms with E-state index in [1.165, 1.54) is 0 Å². The third-order valence-corrected chi connectivity index (χ3v) is 3.82. The van der Waals surface area contributed by atoms with Gasteiger partial charge in [-0.1, -0.05) is 26.0 Å². The highest BCUT2D eigenvalue weighted by Crippen LogP contribution is 2.31. The Hall–Kier alpha value is -2.69. The summed E-state index contributed by atoms with van der Waals surface area (Å²) in [5.41, 5.74) is 3.11. The molecule has 128 valence electrons. The van der Waals surface area contributed by atoms with E-state index >= 15 is 0 Å². The highest BCUT2D eigenvalue weighted by atomic mass is 16.5. The van der Waals surface area contributed by atoms with Gasteiger partial charge in [0.15, 0.2) is 0 Å². The lowest BCUT2D eigenvalue weighted by molar-refractivity contribution is -0.114. The molecule has 3 N–H and O–H groups in total. The summed E-state index contributed by atoms with van der Waals surface area (Å²) < 4.78 is 5.25. The van der Waals surface area contributed by atoms with E-state index in [4.69, 9.17) is 4.74 Å². The summed E-state index contributed by atoms with van der Waals surface area (Å²) in [6.07, 6.45) is 0. The van der Waals surface area contributed by atoms with Gasteiger partial charge in [-0.15, -0.1) is 0 Å². The Balaban J connectivity index is 2.06. The van der Waals surface area contributed by atoms with Gasteiger partial charge in [-0.2, -0.15) is 0 Å². The largest absolute Gasteiger partial charge is 0.508 e. The number of phenolic OH excluding ortho intramolecular Hbond substituents is 1. The lowest BCUT2D eigenvalue weighted by Crippen LogP contribution is -2.22. The number of ether oxygens (including phenoxy) is 1. The van der Waals surface area contributed by atoms with Crippen LogP contribution in [0, 0.1) is 6.92 Å². The number of hydrogen-bond acceptors (Lipinski definition) is 4. The van der Waals surface area contributed by atoms with Gasteiger partial charge in [-0.3, -0.25) is 4.79 Å². The van der Waals surface area contributed by atoms with Crippen LogP contribution in [0.5, 0.6) is 11.5 Å². The number of carbonyl (C=O) groups is 1. The van der Waals surface area contributed by atoms with E-state index in [1.807, 2.05) is 51.1 Å². The quantitative estimate of drug-likeness (QED) is 0.704. The van der Waals surface area contributed by atoms with Crippen molar-refractivity contribution in [1.82, 2.24) is 0 Å². The number of aromatic hydroxyl groups is 1. The number of phenols is 1. The summed E-state index contributed by atoms with van der Waals surface area (Å²) >= 11 is 0. The van der Waals surface area contributed by atoms with Gasteiger partial charge >= 0.3 is 0 Å².